The summed E-state index contributed by atoms with van der Waals surface area (Å²) in [6, 6.07) is 6.01. The second kappa shape index (κ2) is 9.66. The summed E-state index contributed by atoms with van der Waals surface area (Å²) in [4.78, 5) is 26.8. The van der Waals surface area contributed by atoms with Crippen LogP contribution in [0, 0.1) is 0 Å². The van der Waals surface area contributed by atoms with Crippen LogP contribution in [-0.2, 0) is 0 Å². The van der Waals surface area contributed by atoms with Crippen molar-refractivity contribution in [1.29, 1.82) is 0 Å². The van der Waals surface area contributed by atoms with Gasteiger partial charge in [-0.25, -0.2) is 9.97 Å². The summed E-state index contributed by atoms with van der Waals surface area (Å²) < 4.78 is 6.21. The van der Waals surface area contributed by atoms with Crippen molar-refractivity contribution in [3.63, 3.8) is 0 Å². The Morgan fingerprint density at radius 1 is 0.974 bits per heavy atom. The third-order valence-corrected chi connectivity index (χ3v) is 7.45. The second-order valence-electron chi connectivity index (χ2n) is 10.1. The predicted molar refractivity (Wildman–Crippen MR) is 146 cm³/mol. The number of aromatic nitrogens is 7. The van der Waals surface area contributed by atoms with Crippen molar-refractivity contribution in [1.82, 2.24) is 45.3 Å². The number of imidazole rings is 1. The molecule has 0 spiro atoms. The first-order chi connectivity index (χ1) is 18.7. The molecule has 0 atom stereocenters. The molecule has 38 heavy (non-hydrogen) atoms. The Morgan fingerprint density at radius 3 is 2.71 bits per heavy atom. The van der Waals surface area contributed by atoms with Crippen LogP contribution in [0.4, 0.5) is 5.82 Å². The molecule has 5 aromatic rings. The fourth-order valence-electron chi connectivity index (χ4n) is 5.27. The fraction of sp³-hybridized carbons (Fsp3) is 0.370. The Labute approximate surface area is 219 Å². The van der Waals surface area contributed by atoms with E-state index < -0.39 is 0 Å². The number of likely N-dealkylation sites (N-methyl/N-ethyl adjacent to an activating group) is 1. The Balaban J connectivity index is 1.22. The summed E-state index contributed by atoms with van der Waals surface area (Å²) in [5.41, 5.74) is 5.11. The summed E-state index contributed by atoms with van der Waals surface area (Å²) in [6.45, 7) is 5.84. The highest BCUT2D eigenvalue weighted by Crippen LogP contribution is 2.32. The van der Waals surface area contributed by atoms with E-state index in [9.17, 15) is 0 Å². The van der Waals surface area contributed by atoms with Gasteiger partial charge in [-0.2, -0.15) is 5.10 Å². The molecule has 7 heterocycles. The van der Waals surface area contributed by atoms with E-state index >= 15 is 0 Å². The Morgan fingerprint density at radius 2 is 1.84 bits per heavy atom. The lowest BCUT2D eigenvalue weighted by Gasteiger charge is -2.33. The van der Waals surface area contributed by atoms with Crippen molar-refractivity contribution in [3.8, 4) is 28.5 Å². The molecule has 2 aliphatic rings. The third kappa shape index (κ3) is 4.33. The van der Waals surface area contributed by atoms with Gasteiger partial charge in [-0.3, -0.25) is 15.1 Å². The minimum atomic E-state index is 0.211. The van der Waals surface area contributed by atoms with Gasteiger partial charge >= 0.3 is 0 Å². The molecule has 2 saturated heterocycles. The van der Waals surface area contributed by atoms with Crippen molar-refractivity contribution < 1.29 is 4.74 Å². The van der Waals surface area contributed by atoms with Gasteiger partial charge in [0.25, 0.3) is 0 Å². The third-order valence-electron chi connectivity index (χ3n) is 7.45. The van der Waals surface area contributed by atoms with Crippen LogP contribution in [0.15, 0.2) is 43.0 Å². The SMILES string of the molecule is CN1CCN(c2nccc3[nH]c(-c4n[nH]c5cnc(-c6cncc(OC7CCNCC7)c6)cc45)nc23)CC1. The molecule has 0 aromatic carbocycles. The number of ether oxygens (including phenoxy) is 1. The van der Waals surface area contributed by atoms with Crippen LogP contribution in [0.5, 0.6) is 5.75 Å². The summed E-state index contributed by atoms with van der Waals surface area (Å²) in [5, 5.41) is 12.0. The van der Waals surface area contributed by atoms with Gasteiger partial charge < -0.3 is 24.8 Å². The molecule has 0 amide bonds. The molecule has 7 rings (SSSR count). The average Bonchev–Trinajstić information content (AvgIpc) is 3.58. The number of piperazine rings is 1. The number of rotatable bonds is 5. The Bertz CT molecular complexity index is 1580. The molecule has 0 bridgehead atoms. The van der Waals surface area contributed by atoms with Crippen LogP contribution in [0.25, 0.3) is 44.7 Å². The smallest absolute Gasteiger partial charge is 0.159 e. The standard InChI is InChI=1S/C27H30N10O/c1-36-8-10-37(11-9-36)27-25-21(4-7-30-27)32-26(33-25)24-20-13-22(31-16-23(20)34-35-24)17-12-19(15-29-14-17)38-18-2-5-28-6-3-18/h4,7,12-16,18,28H,2-3,5-6,8-11H2,1H3,(H,32,33)(H,34,35). The highest BCUT2D eigenvalue weighted by molar-refractivity contribution is 5.96. The van der Waals surface area contributed by atoms with Crippen molar-refractivity contribution in [2.75, 3.05) is 51.2 Å². The fourth-order valence-corrected chi connectivity index (χ4v) is 5.27. The summed E-state index contributed by atoms with van der Waals surface area (Å²) in [7, 11) is 2.15. The van der Waals surface area contributed by atoms with E-state index in [0.717, 1.165) is 103 Å². The van der Waals surface area contributed by atoms with Gasteiger partial charge in [0.15, 0.2) is 11.6 Å². The van der Waals surface area contributed by atoms with E-state index in [4.69, 9.17) is 9.72 Å². The van der Waals surface area contributed by atoms with E-state index in [2.05, 4.69) is 52.3 Å². The minimum Gasteiger partial charge on any atom is -0.489 e. The topological polar surface area (TPSA) is 124 Å². The number of anilines is 1. The largest absolute Gasteiger partial charge is 0.489 e. The van der Waals surface area contributed by atoms with Gasteiger partial charge in [-0.05, 0) is 51.2 Å². The normalized spacial score (nSPS) is 17.4. The zero-order valence-corrected chi connectivity index (χ0v) is 21.3. The van der Waals surface area contributed by atoms with Crippen LogP contribution < -0.4 is 15.0 Å². The van der Waals surface area contributed by atoms with Crippen LogP contribution in [0.2, 0.25) is 0 Å². The van der Waals surface area contributed by atoms with Crippen LogP contribution in [0.3, 0.4) is 0 Å². The predicted octanol–water partition coefficient (Wildman–Crippen LogP) is 2.84. The number of fused-ring (bicyclic) bond motifs is 2. The Kier molecular flexibility index (Phi) is 5.86. The molecule has 0 saturated carbocycles. The first-order valence-electron chi connectivity index (χ1n) is 13.2. The number of nitrogens with zero attached hydrogens (tertiary/aromatic N) is 7. The van der Waals surface area contributed by atoms with E-state index in [1.54, 1.807) is 12.4 Å². The first kappa shape index (κ1) is 23.1. The molecule has 0 aliphatic carbocycles. The molecule has 0 unspecified atom stereocenters. The van der Waals surface area contributed by atoms with Gasteiger partial charge in [0.1, 0.15) is 23.1 Å². The summed E-state index contributed by atoms with van der Waals surface area (Å²) in [6.07, 6.45) is 9.44. The molecule has 0 radical (unpaired) electrons. The molecule has 11 nitrogen and oxygen atoms in total. The van der Waals surface area contributed by atoms with Crippen LogP contribution in [-0.4, -0.2) is 92.4 Å². The molecule has 11 heteroatoms. The maximum Gasteiger partial charge on any atom is 0.159 e. The number of pyridine rings is 3. The monoisotopic (exact) mass is 510 g/mol. The molecular formula is C27H30N10O. The van der Waals surface area contributed by atoms with Crippen LogP contribution in [0.1, 0.15) is 12.8 Å². The number of piperidine rings is 1. The lowest BCUT2D eigenvalue weighted by molar-refractivity contribution is 0.162. The summed E-state index contributed by atoms with van der Waals surface area (Å²) in [5.74, 6) is 2.38. The quantitative estimate of drug-likeness (QED) is 0.327. The maximum atomic E-state index is 6.21. The zero-order valence-electron chi connectivity index (χ0n) is 21.3. The van der Waals surface area contributed by atoms with Gasteiger partial charge in [0, 0.05) is 49.5 Å². The lowest BCUT2D eigenvalue weighted by Crippen LogP contribution is -2.44. The van der Waals surface area contributed by atoms with Crippen molar-refractivity contribution in [3.05, 3.63) is 43.0 Å². The van der Waals surface area contributed by atoms with Gasteiger partial charge in [-0.1, -0.05) is 0 Å². The highest BCUT2D eigenvalue weighted by Gasteiger charge is 2.21. The van der Waals surface area contributed by atoms with Crippen molar-refractivity contribution >= 4 is 27.8 Å². The van der Waals surface area contributed by atoms with E-state index in [1.807, 2.05) is 30.6 Å². The minimum absolute atomic E-state index is 0.211. The number of hydrogen-bond donors (Lipinski definition) is 3. The van der Waals surface area contributed by atoms with Gasteiger partial charge in [-0.15, -0.1) is 0 Å². The molecule has 2 fully saturated rings. The van der Waals surface area contributed by atoms with Gasteiger partial charge in [0.05, 0.1) is 29.1 Å². The lowest BCUT2D eigenvalue weighted by atomic mass is 10.1. The Hall–Kier alpha value is -4.09. The van der Waals surface area contributed by atoms with E-state index in [-0.39, 0.29) is 6.10 Å². The number of nitrogens with one attached hydrogen (secondary N) is 3. The number of aromatic amines is 2. The van der Waals surface area contributed by atoms with Crippen molar-refractivity contribution in [2.45, 2.75) is 18.9 Å². The number of H-pyrrole nitrogens is 2. The number of hydrogen-bond acceptors (Lipinski definition) is 9. The molecule has 5 aromatic heterocycles. The van der Waals surface area contributed by atoms with Crippen molar-refractivity contribution in [2.24, 2.45) is 0 Å². The molecular weight excluding hydrogens is 480 g/mol. The van der Waals surface area contributed by atoms with Gasteiger partial charge in [0.2, 0.25) is 0 Å². The average molecular weight is 511 g/mol. The molecule has 194 valence electrons. The van der Waals surface area contributed by atoms with E-state index in [1.165, 1.54) is 0 Å². The second-order valence-corrected chi connectivity index (χ2v) is 10.1. The zero-order chi connectivity index (χ0) is 25.5. The molecule has 3 N–H and O–H groups in total. The summed E-state index contributed by atoms with van der Waals surface area (Å²) >= 11 is 0. The highest BCUT2D eigenvalue weighted by atomic mass is 16.5. The first-order valence-corrected chi connectivity index (χ1v) is 13.2. The maximum absolute atomic E-state index is 6.21. The van der Waals surface area contributed by atoms with Crippen LogP contribution >= 0.6 is 0 Å². The molecule has 2 aliphatic heterocycles. The van der Waals surface area contributed by atoms with E-state index in [0.29, 0.717) is 5.82 Å².